The Bertz CT molecular complexity index is 624. The van der Waals surface area contributed by atoms with Gasteiger partial charge in [0.05, 0.1) is 17.8 Å². The molecule has 3 nitrogen and oxygen atoms in total. The topological polar surface area (TPSA) is 45.4 Å². The van der Waals surface area contributed by atoms with Gasteiger partial charge in [-0.05, 0) is 23.6 Å². The average molecular weight is 264 g/mol. The van der Waals surface area contributed by atoms with Gasteiger partial charge >= 0.3 is 0 Å². The number of oxime groups is 1. The van der Waals surface area contributed by atoms with Crippen molar-refractivity contribution in [1.82, 2.24) is 0 Å². The number of nitriles is 1. The fraction of sp³-hybridized carbons (Fsp3) is 0.176. The van der Waals surface area contributed by atoms with E-state index in [0.717, 1.165) is 17.5 Å². The minimum Gasteiger partial charge on any atom is -0.391 e. The molecule has 0 atom stereocenters. The molecule has 2 aromatic carbocycles. The van der Waals surface area contributed by atoms with Gasteiger partial charge in [-0.25, -0.2) is 0 Å². The summed E-state index contributed by atoms with van der Waals surface area (Å²) in [5, 5.41) is 12.9. The van der Waals surface area contributed by atoms with Gasteiger partial charge in [0.25, 0.3) is 0 Å². The molecule has 0 spiro atoms. The molecule has 0 heterocycles. The lowest BCUT2D eigenvalue weighted by atomic mass is 10.1. The number of hydrogen-bond acceptors (Lipinski definition) is 3. The minimum atomic E-state index is 0.299. The van der Waals surface area contributed by atoms with E-state index in [1.807, 2.05) is 30.3 Å². The van der Waals surface area contributed by atoms with Gasteiger partial charge in [-0.1, -0.05) is 54.5 Å². The summed E-state index contributed by atoms with van der Waals surface area (Å²) in [5.41, 5.74) is 3.75. The van der Waals surface area contributed by atoms with Crippen molar-refractivity contribution in [3.8, 4) is 6.07 Å². The second-order valence-corrected chi connectivity index (χ2v) is 4.37. The van der Waals surface area contributed by atoms with Gasteiger partial charge < -0.3 is 4.84 Å². The molecule has 0 saturated heterocycles. The summed E-state index contributed by atoms with van der Waals surface area (Å²) < 4.78 is 0. The van der Waals surface area contributed by atoms with Gasteiger partial charge in [-0.15, -0.1) is 0 Å². The summed E-state index contributed by atoms with van der Waals surface area (Å²) in [7, 11) is 0. The lowest BCUT2D eigenvalue weighted by Crippen LogP contribution is -1.92. The van der Waals surface area contributed by atoms with Crippen LogP contribution >= 0.6 is 0 Å². The van der Waals surface area contributed by atoms with Gasteiger partial charge in [0.1, 0.15) is 6.61 Å². The van der Waals surface area contributed by atoms with Crippen LogP contribution in [-0.4, -0.2) is 6.21 Å². The van der Waals surface area contributed by atoms with Crippen molar-refractivity contribution >= 4 is 6.21 Å². The molecule has 2 rings (SSSR count). The summed E-state index contributed by atoms with van der Waals surface area (Å²) in [6.07, 6.45) is 2.70. The van der Waals surface area contributed by atoms with Crippen LogP contribution in [0.25, 0.3) is 0 Å². The van der Waals surface area contributed by atoms with Crippen LogP contribution in [0.4, 0.5) is 0 Å². The molecule has 20 heavy (non-hydrogen) atoms. The van der Waals surface area contributed by atoms with E-state index in [-0.39, 0.29) is 0 Å². The molecule has 0 aliphatic heterocycles. The molecule has 2 aromatic rings. The normalized spacial score (nSPS) is 10.4. The predicted molar refractivity (Wildman–Crippen MR) is 79.4 cm³/mol. The van der Waals surface area contributed by atoms with E-state index in [0.29, 0.717) is 12.2 Å². The molecule has 0 amide bonds. The monoisotopic (exact) mass is 264 g/mol. The molecule has 0 N–H and O–H groups in total. The lowest BCUT2D eigenvalue weighted by molar-refractivity contribution is 0.132. The summed E-state index contributed by atoms with van der Waals surface area (Å²) >= 11 is 0. The second kappa shape index (κ2) is 7.10. The molecule has 0 radical (unpaired) electrons. The summed E-state index contributed by atoms with van der Waals surface area (Å²) in [5.74, 6) is 0. The third kappa shape index (κ3) is 3.69. The molecular weight excluding hydrogens is 248 g/mol. The van der Waals surface area contributed by atoms with Crippen LogP contribution in [-0.2, 0) is 17.9 Å². The van der Waals surface area contributed by atoms with Crippen LogP contribution in [0.15, 0.2) is 53.7 Å². The largest absolute Gasteiger partial charge is 0.391 e. The molecule has 0 aliphatic carbocycles. The molecule has 3 heteroatoms. The number of nitrogens with zero attached hydrogens (tertiary/aromatic N) is 2. The Labute approximate surface area is 119 Å². The number of hydrogen-bond donors (Lipinski definition) is 0. The van der Waals surface area contributed by atoms with Crippen LogP contribution in [0.2, 0.25) is 0 Å². The van der Waals surface area contributed by atoms with E-state index in [1.54, 1.807) is 12.3 Å². The van der Waals surface area contributed by atoms with E-state index in [2.05, 4.69) is 30.3 Å². The van der Waals surface area contributed by atoms with E-state index in [1.165, 1.54) is 5.56 Å². The highest BCUT2D eigenvalue weighted by atomic mass is 16.6. The van der Waals surface area contributed by atoms with Crippen molar-refractivity contribution in [2.75, 3.05) is 0 Å². The molecule has 0 bridgehead atoms. The van der Waals surface area contributed by atoms with Crippen molar-refractivity contribution in [3.63, 3.8) is 0 Å². The first kappa shape index (κ1) is 13.8. The fourth-order valence-corrected chi connectivity index (χ4v) is 1.80. The Morgan fingerprint density at radius 1 is 1.15 bits per heavy atom. The van der Waals surface area contributed by atoms with E-state index >= 15 is 0 Å². The van der Waals surface area contributed by atoms with Crippen LogP contribution in [0, 0.1) is 11.3 Å². The van der Waals surface area contributed by atoms with Crippen molar-refractivity contribution in [2.24, 2.45) is 5.16 Å². The van der Waals surface area contributed by atoms with Crippen molar-refractivity contribution < 1.29 is 4.84 Å². The molecular formula is C17H16N2O. The molecule has 100 valence electrons. The second-order valence-electron chi connectivity index (χ2n) is 4.37. The zero-order valence-electron chi connectivity index (χ0n) is 11.4. The zero-order valence-corrected chi connectivity index (χ0v) is 11.4. The predicted octanol–water partition coefficient (Wildman–Crippen LogP) is 3.67. The first-order valence-electron chi connectivity index (χ1n) is 6.55. The standard InChI is InChI=1S/C17H16N2O/c1-2-14-7-9-15(10-8-14)12-19-20-13-17-6-4-3-5-16(17)11-18/h3-10,12H,2,13H2,1H3/b19-12-. The average Bonchev–Trinajstić information content (AvgIpc) is 2.52. The van der Waals surface area contributed by atoms with Crippen LogP contribution in [0.3, 0.4) is 0 Å². The van der Waals surface area contributed by atoms with Crippen LogP contribution < -0.4 is 0 Å². The maximum atomic E-state index is 8.96. The van der Waals surface area contributed by atoms with E-state index < -0.39 is 0 Å². The van der Waals surface area contributed by atoms with Crippen LogP contribution in [0.5, 0.6) is 0 Å². The Kier molecular flexibility index (Phi) is 4.91. The molecule has 0 fully saturated rings. The number of rotatable bonds is 5. The SMILES string of the molecule is CCc1ccc(/C=N\OCc2ccccc2C#N)cc1. The first-order valence-corrected chi connectivity index (χ1v) is 6.55. The highest BCUT2D eigenvalue weighted by Gasteiger charge is 1.99. The fourth-order valence-electron chi connectivity index (χ4n) is 1.80. The third-order valence-corrected chi connectivity index (χ3v) is 3.02. The smallest absolute Gasteiger partial charge is 0.143 e. The summed E-state index contributed by atoms with van der Waals surface area (Å²) in [6.45, 7) is 2.42. The van der Waals surface area contributed by atoms with Crippen LogP contribution in [0.1, 0.15) is 29.2 Å². The quantitative estimate of drug-likeness (QED) is 0.611. The highest BCUT2D eigenvalue weighted by molar-refractivity contribution is 5.79. The number of benzene rings is 2. The zero-order chi connectivity index (χ0) is 14.2. The van der Waals surface area contributed by atoms with E-state index in [9.17, 15) is 0 Å². The molecule has 0 saturated carbocycles. The van der Waals surface area contributed by atoms with Crippen molar-refractivity contribution in [3.05, 3.63) is 70.8 Å². The molecule has 0 aliphatic rings. The van der Waals surface area contributed by atoms with E-state index in [4.69, 9.17) is 10.1 Å². The Morgan fingerprint density at radius 3 is 2.60 bits per heavy atom. The van der Waals surface area contributed by atoms with Gasteiger partial charge in [0, 0.05) is 5.56 Å². The number of aryl methyl sites for hydroxylation is 1. The first-order chi connectivity index (χ1) is 9.83. The maximum Gasteiger partial charge on any atom is 0.143 e. The summed E-state index contributed by atoms with van der Waals surface area (Å²) in [4.78, 5) is 5.24. The highest BCUT2D eigenvalue weighted by Crippen LogP contribution is 2.09. The molecule has 0 aromatic heterocycles. The summed E-state index contributed by atoms with van der Waals surface area (Å²) in [6, 6.07) is 17.7. The Morgan fingerprint density at radius 2 is 1.90 bits per heavy atom. The van der Waals surface area contributed by atoms with Gasteiger partial charge in [0.2, 0.25) is 0 Å². The lowest BCUT2D eigenvalue weighted by Gasteiger charge is -2.01. The van der Waals surface area contributed by atoms with Crippen molar-refractivity contribution in [1.29, 1.82) is 5.26 Å². The van der Waals surface area contributed by atoms with Gasteiger partial charge in [0.15, 0.2) is 0 Å². The maximum absolute atomic E-state index is 8.96. The third-order valence-electron chi connectivity index (χ3n) is 3.02. The minimum absolute atomic E-state index is 0.299. The molecule has 0 unspecified atom stereocenters. The van der Waals surface area contributed by atoms with Crippen molar-refractivity contribution in [2.45, 2.75) is 20.0 Å². The Hall–Kier alpha value is -2.60. The van der Waals surface area contributed by atoms with Gasteiger partial charge in [-0.2, -0.15) is 5.26 Å². The Balaban J connectivity index is 1.92. The van der Waals surface area contributed by atoms with Gasteiger partial charge in [-0.3, -0.25) is 0 Å².